The van der Waals surface area contributed by atoms with Gasteiger partial charge in [0.05, 0.1) is 10.7 Å². The first-order valence-electron chi connectivity index (χ1n) is 6.23. The standard InChI is InChI=1S/C14H12BrClN2O4/c1-8(22-11-5-4-9(16)7-10(11)15)13(19)17-18-14(20)12-3-2-6-21-12/h2-8H,1H3,(H,17,19)(H,18,20)/t8-/m0/s1. The molecule has 0 spiro atoms. The zero-order valence-electron chi connectivity index (χ0n) is 11.4. The lowest BCUT2D eigenvalue weighted by Crippen LogP contribution is -2.47. The summed E-state index contributed by atoms with van der Waals surface area (Å²) in [5, 5.41) is 0.544. The molecule has 2 rings (SSSR count). The molecule has 2 amide bonds. The molecular formula is C14H12BrClN2O4. The fraction of sp³-hybridized carbons (Fsp3) is 0.143. The van der Waals surface area contributed by atoms with Crippen LogP contribution in [0.2, 0.25) is 5.02 Å². The summed E-state index contributed by atoms with van der Waals surface area (Å²) in [6.45, 7) is 1.55. The van der Waals surface area contributed by atoms with Gasteiger partial charge in [0.15, 0.2) is 11.9 Å². The first kappa shape index (κ1) is 16.4. The van der Waals surface area contributed by atoms with Crippen molar-refractivity contribution in [1.29, 1.82) is 0 Å². The largest absolute Gasteiger partial charge is 0.480 e. The van der Waals surface area contributed by atoms with E-state index < -0.39 is 17.9 Å². The molecule has 0 aliphatic carbocycles. The van der Waals surface area contributed by atoms with E-state index in [9.17, 15) is 9.59 Å². The minimum Gasteiger partial charge on any atom is -0.480 e. The first-order chi connectivity index (χ1) is 10.5. The van der Waals surface area contributed by atoms with E-state index in [0.29, 0.717) is 15.2 Å². The fourth-order valence-corrected chi connectivity index (χ4v) is 2.28. The van der Waals surface area contributed by atoms with E-state index in [4.69, 9.17) is 20.8 Å². The van der Waals surface area contributed by atoms with Crippen LogP contribution >= 0.6 is 27.5 Å². The molecule has 22 heavy (non-hydrogen) atoms. The van der Waals surface area contributed by atoms with Crippen molar-refractivity contribution >= 4 is 39.3 Å². The lowest BCUT2D eigenvalue weighted by molar-refractivity contribution is -0.128. The zero-order chi connectivity index (χ0) is 16.1. The van der Waals surface area contributed by atoms with Crippen LogP contribution in [0.5, 0.6) is 5.75 Å². The summed E-state index contributed by atoms with van der Waals surface area (Å²) in [6, 6.07) is 7.98. The van der Waals surface area contributed by atoms with Gasteiger partial charge in [0, 0.05) is 5.02 Å². The Bertz CT molecular complexity index is 675. The van der Waals surface area contributed by atoms with Gasteiger partial charge in [0.25, 0.3) is 5.91 Å². The Morgan fingerprint density at radius 3 is 2.73 bits per heavy atom. The van der Waals surface area contributed by atoms with E-state index in [2.05, 4.69) is 26.8 Å². The Labute approximate surface area is 139 Å². The van der Waals surface area contributed by atoms with E-state index >= 15 is 0 Å². The predicted octanol–water partition coefficient (Wildman–Crippen LogP) is 2.92. The second-order valence-corrected chi connectivity index (χ2v) is 5.55. The number of ether oxygens (including phenoxy) is 1. The molecule has 6 nitrogen and oxygen atoms in total. The van der Waals surface area contributed by atoms with Gasteiger partial charge in [-0.3, -0.25) is 20.4 Å². The first-order valence-corrected chi connectivity index (χ1v) is 7.40. The highest BCUT2D eigenvalue weighted by Crippen LogP contribution is 2.28. The quantitative estimate of drug-likeness (QED) is 0.791. The van der Waals surface area contributed by atoms with Crippen LogP contribution < -0.4 is 15.6 Å². The lowest BCUT2D eigenvalue weighted by Gasteiger charge is -2.15. The van der Waals surface area contributed by atoms with Crippen LogP contribution in [0.3, 0.4) is 0 Å². The maximum atomic E-state index is 11.9. The van der Waals surface area contributed by atoms with Gasteiger partial charge < -0.3 is 9.15 Å². The molecule has 116 valence electrons. The summed E-state index contributed by atoms with van der Waals surface area (Å²) < 4.78 is 11.0. The van der Waals surface area contributed by atoms with Crippen LogP contribution in [-0.2, 0) is 4.79 Å². The molecule has 1 heterocycles. The van der Waals surface area contributed by atoms with Gasteiger partial charge in [0.1, 0.15) is 5.75 Å². The maximum absolute atomic E-state index is 11.9. The van der Waals surface area contributed by atoms with Crippen molar-refractivity contribution < 1.29 is 18.7 Å². The Kier molecular flexibility index (Phi) is 5.46. The van der Waals surface area contributed by atoms with E-state index in [1.807, 2.05) is 0 Å². The molecule has 0 aliphatic heterocycles. The molecule has 0 bridgehead atoms. The molecule has 0 saturated heterocycles. The fourth-order valence-electron chi connectivity index (χ4n) is 1.50. The van der Waals surface area contributed by atoms with Crippen molar-refractivity contribution in [3.8, 4) is 5.75 Å². The normalized spacial score (nSPS) is 11.6. The van der Waals surface area contributed by atoms with Crippen LogP contribution in [0.4, 0.5) is 0 Å². The second-order valence-electron chi connectivity index (χ2n) is 4.26. The number of carbonyl (C=O) groups excluding carboxylic acids is 2. The topological polar surface area (TPSA) is 80.6 Å². The summed E-state index contributed by atoms with van der Waals surface area (Å²) in [7, 11) is 0. The third kappa shape index (κ3) is 4.25. The number of amides is 2. The third-order valence-electron chi connectivity index (χ3n) is 2.61. The average molecular weight is 388 g/mol. The number of carbonyl (C=O) groups is 2. The minimum absolute atomic E-state index is 0.0920. The maximum Gasteiger partial charge on any atom is 0.305 e. The third-order valence-corrected chi connectivity index (χ3v) is 3.47. The van der Waals surface area contributed by atoms with Crippen LogP contribution in [-0.4, -0.2) is 17.9 Å². The molecule has 2 N–H and O–H groups in total. The van der Waals surface area contributed by atoms with Crippen molar-refractivity contribution in [2.45, 2.75) is 13.0 Å². The molecule has 0 aliphatic rings. The van der Waals surface area contributed by atoms with Gasteiger partial charge in [-0.2, -0.15) is 0 Å². The van der Waals surface area contributed by atoms with Gasteiger partial charge in [-0.05, 0) is 53.2 Å². The zero-order valence-corrected chi connectivity index (χ0v) is 13.8. The van der Waals surface area contributed by atoms with Crippen molar-refractivity contribution in [3.63, 3.8) is 0 Å². The molecule has 0 fully saturated rings. The second kappa shape index (κ2) is 7.33. The Balaban J connectivity index is 1.88. The smallest absolute Gasteiger partial charge is 0.305 e. The molecular weight excluding hydrogens is 376 g/mol. The highest BCUT2D eigenvalue weighted by atomic mass is 79.9. The molecule has 1 atom stereocenters. The Morgan fingerprint density at radius 1 is 1.32 bits per heavy atom. The van der Waals surface area contributed by atoms with Crippen molar-refractivity contribution in [2.75, 3.05) is 0 Å². The molecule has 8 heteroatoms. The highest BCUT2D eigenvalue weighted by molar-refractivity contribution is 9.10. The lowest BCUT2D eigenvalue weighted by atomic mass is 10.3. The van der Waals surface area contributed by atoms with E-state index in [0.717, 1.165) is 0 Å². The Morgan fingerprint density at radius 2 is 2.09 bits per heavy atom. The molecule has 1 aromatic heterocycles. The van der Waals surface area contributed by atoms with E-state index in [-0.39, 0.29) is 5.76 Å². The van der Waals surface area contributed by atoms with Crippen LogP contribution in [0.25, 0.3) is 0 Å². The molecule has 1 aromatic carbocycles. The van der Waals surface area contributed by atoms with Gasteiger partial charge in [-0.15, -0.1) is 0 Å². The van der Waals surface area contributed by atoms with Crippen molar-refractivity contribution in [3.05, 3.63) is 51.9 Å². The summed E-state index contributed by atoms with van der Waals surface area (Å²) in [4.78, 5) is 23.5. The average Bonchev–Trinajstić information content (AvgIpc) is 3.01. The van der Waals surface area contributed by atoms with Gasteiger partial charge in [-0.1, -0.05) is 11.6 Å². The number of halogens is 2. The number of benzene rings is 1. The van der Waals surface area contributed by atoms with E-state index in [1.54, 1.807) is 31.2 Å². The number of furan rings is 1. The van der Waals surface area contributed by atoms with Crippen LogP contribution in [0, 0.1) is 0 Å². The van der Waals surface area contributed by atoms with Gasteiger partial charge >= 0.3 is 5.91 Å². The number of rotatable bonds is 4. The van der Waals surface area contributed by atoms with Crippen molar-refractivity contribution in [2.24, 2.45) is 0 Å². The Hall–Kier alpha value is -1.99. The highest BCUT2D eigenvalue weighted by Gasteiger charge is 2.17. The summed E-state index contributed by atoms with van der Waals surface area (Å²) >= 11 is 9.12. The number of hydrogen-bond donors (Lipinski definition) is 2. The number of nitrogens with one attached hydrogen (secondary N) is 2. The number of hydrogen-bond acceptors (Lipinski definition) is 4. The summed E-state index contributed by atoms with van der Waals surface area (Å²) in [5.74, 6) is -0.515. The molecule has 0 unspecified atom stereocenters. The van der Waals surface area contributed by atoms with Crippen LogP contribution in [0.1, 0.15) is 17.5 Å². The number of hydrazine groups is 1. The SMILES string of the molecule is C[C@H](Oc1ccc(Cl)cc1Br)C(=O)NNC(=O)c1ccco1. The minimum atomic E-state index is -0.825. The van der Waals surface area contributed by atoms with Crippen molar-refractivity contribution in [1.82, 2.24) is 10.9 Å². The molecule has 0 radical (unpaired) electrons. The van der Waals surface area contributed by atoms with Gasteiger partial charge in [-0.25, -0.2) is 0 Å². The molecule has 0 saturated carbocycles. The molecule has 2 aromatic rings. The van der Waals surface area contributed by atoms with E-state index in [1.165, 1.54) is 12.3 Å². The summed E-state index contributed by atoms with van der Waals surface area (Å²) in [5.41, 5.74) is 4.49. The van der Waals surface area contributed by atoms with Gasteiger partial charge in [0.2, 0.25) is 0 Å². The predicted molar refractivity (Wildman–Crippen MR) is 83.6 cm³/mol. The monoisotopic (exact) mass is 386 g/mol. The summed E-state index contributed by atoms with van der Waals surface area (Å²) in [6.07, 6.45) is 0.537. The van der Waals surface area contributed by atoms with Crippen LogP contribution in [0.15, 0.2) is 45.5 Å².